The van der Waals surface area contributed by atoms with E-state index in [1.54, 1.807) is 0 Å². The summed E-state index contributed by atoms with van der Waals surface area (Å²) in [7, 11) is 2.57. The second-order valence-corrected chi connectivity index (χ2v) is 2.48. The predicted molar refractivity (Wildman–Crippen MR) is 35.1 cm³/mol. The lowest BCUT2D eigenvalue weighted by molar-refractivity contribution is 0.657. The Bertz CT molecular complexity index is 50.0. The minimum absolute atomic E-state index is 0.810. The van der Waals surface area contributed by atoms with Crippen molar-refractivity contribution >= 4 is 9.39 Å². The number of rotatable bonds is 1. The SMILES string of the molecule is PNC1CCCC1. The highest BCUT2D eigenvalue weighted by Gasteiger charge is 2.10. The molecule has 1 saturated carbocycles. The Morgan fingerprint density at radius 1 is 1.29 bits per heavy atom. The maximum Gasteiger partial charge on any atom is 0.00988 e. The van der Waals surface area contributed by atoms with Gasteiger partial charge in [-0.2, -0.15) is 0 Å². The topological polar surface area (TPSA) is 12.0 Å². The normalized spacial score (nSPS) is 23.6. The molecule has 0 heterocycles. The molecule has 1 rings (SSSR count). The molecule has 1 atom stereocenters. The Morgan fingerprint density at radius 3 is 2.14 bits per heavy atom. The average Bonchev–Trinajstić information content (AvgIpc) is 2.14. The molecular formula is C5H12NP. The third-order valence-corrected chi connectivity index (χ3v) is 2.06. The van der Waals surface area contributed by atoms with Crippen LogP contribution in [0.5, 0.6) is 0 Å². The van der Waals surface area contributed by atoms with E-state index in [0.717, 1.165) is 6.04 Å². The van der Waals surface area contributed by atoms with Crippen LogP contribution >= 0.6 is 9.39 Å². The van der Waals surface area contributed by atoms with Gasteiger partial charge in [0, 0.05) is 6.04 Å². The van der Waals surface area contributed by atoms with Crippen molar-refractivity contribution in [2.24, 2.45) is 0 Å². The molecule has 42 valence electrons. The number of nitrogens with one attached hydrogen (secondary N) is 1. The van der Waals surface area contributed by atoms with Crippen molar-refractivity contribution in [3.8, 4) is 0 Å². The molecule has 0 aromatic heterocycles. The molecule has 0 amide bonds. The predicted octanol–water partition coefficient (Wildman–Crippen LogP) is 1.31. The van der Waals surface area contributed by atoms with Gasteiger partial charge in [-0.15, -0.1) is 0 Å². The van der Waals surface area contributed by atoms with Gasteiger partial charge in [-0.1, -0.05) is 22.2 Å². The quantitative estimate of drug-likeness (QED) is 0.510. The van der Waals surface area contributed by atoms with E-state index in [9.17, 15) is 0 Å². The van der Waals surface area contributed by atoms with Gasteiger partial charge in [0.05, 0.1) is 0 Å². The zero-order valence-electron chi connectivity index (χ0n) is 4.48. The first-order valence-electron chi connectivity index (χ1n) is 2.89. The van der Waals surface area contributed by atoms with Gasteiger partial charge in [0.2, 0.25) is 0 Å². The van der Waals surface area contributed by atoms with Gasteiger partial charge in [0.25, 0.3) is 0 Å². The van der Waals surface area contributed by atoms with Crippen molar-refractivity contribution in [2.45, 2.75) is 31.7 Å². The van der Waals surface area contributed by atoms with Gasteiger partial charge in [0.1, 0.15) is 0 Å². The Morgan fingerprint density at radius 2 is 1.86 bits per heavy atom. The van der Waals surface area contributed by atoms with E-state index in [2.05, 4.69) is 14.5 Å². The van der Waals surface area contributed by atoms with Crippen LogP contribution in [0.2, 0.25) is 0 Å². The van der Waals surface area contributed by atoms with Crippen molar-refractivity contribution in [1.82, 2.24) is 5.09 Å². The smallest absolute Gasteiger partial charge is 0.00988 e. The molecule has 1 nitrogen and oxygen atoms in total. The monoisotopic (exact) mass is 117 g/mol. The van der Waals surface area contributed by atoms with E-state index in [4.69, 9.17) is 0 Å². The summed E-state index contributed by atoms with van der Waals surface area (Å²) in [5, 5.41) is 3.18. The van der Waals surface area contributed by atoms with Gasteiger partial charge in [-0.05, 0) is 12.8 Å². The molecule has 1 aliphatic carbocycles. The average molecular weight is 117 g/mol. The molecule has 0 aromatic carbocycles. The van der Waals surface area contributed by atoms with Gasteiger partial charge in [-0.25, -0.2) is 0 Å². The highest BCUT2D eigenvalue weighted by atomic mass is 31.0. The number of hydrogen-bond acceptors (Lipinski definition) is 1. The van der Waals surface area contributed by atoms with Crippen molar-refractivity contribution in [3.63, 3.8) is 0 Å². The molecule has 7 heavy (non-hydrogen) atoms. The van der Waals surface area contributed by atoms with E-state index in [1.807, 2.05) is 0 Å². The maximum atomic E-state index is 3.18. The van der Waals surface area contributed by atoms with Crippen LogP contribution in [0.1, 0.15) is 25.7 Å². The highest BCUT2D eigenvalue weighted by Crippen LogP contribution is 2.17. The van der Waals surface area contributed by atoms with E-state index in [1.165, 1.54) is 25.7 Å². The standard InChI is InChI=1S/C5H12NP/c7-6-5-3-1-2-4-5/h5-6H,1-4,7H2. The maximum absolute atomic E-state index is 3.18. The fraction of sp³-hybridized carbons (Fsp3) is 1.00. The second-order valence-electron chi connectivity index (χ2n) is 2.15. The van der Waals surface area contributed by atoms with Crippen molar-refractivity contribution in [1.29, 1.82) is 0 Å². The number of hydrogen-bond donors (Lipinski definition) is 1. The summed E-state index contributed by atoms with van der Waals surface area (Å²) in [4.78, 5) is 0. The molecule has 0 aliphatic heterocycles. The molecular weight excluding hydrogens is 105 g/mol. The Kier molecular flexibility index (Phi) is 2.08. The van der Waals surface area contributed by atoms with Gasteiger partial charge >= 0.3 is 0 Å². The van der Waals surface area contributed by atoms with E-state index in [0.29, 0.717) is 0 Å². The first-order valence-corrected chi connectivity index (χ1v) is 3.47. The Labute approximate surface area is 47.1 Å². The minimum atomic E-state index is 0.810. The summed E-state index contributed by atoms with van der Waals surface area (Å²) < 4.78 is 0. The fourth-order valence-electron chi connectivity index (χ4n) is 1.09. The third kappa shape index (κ3) is 1.40. The van der Waals surface area contributed by atoms with Crippen LogP contribution in [0, 0.1) is 0 Å². The molecule has 0 aromatic rings. The lowest BCUT2D eigenvalue weighted by Crippen LogP contribution is -2.13. The third-order valence-electron chi connectivity index (χ3n) is 1.59. The molecule has 0 bridgehead atoms. The van der Waals surface area contributed by atoms with Crippen LogP contribution < -0.4 is 5.09 Å². The van der Waals surface area contributed by atoms with Crippen LogP contribution in [0.4, 0.5) is 0 Å². The summed E-state index contributed by atoms with van der Waals surface area (Å²) in [6.07, 6.45) is 5.60. The lowest BCUT2D eigenvalue weighted by Gasteiger charge is -2.02. The van der Waals surface area contributed by atoms with Crippen LogP contribution in [0.25, 0.3) is 0 Å². The first-order chi connectivity index (χ1) is 3.43. The minimum Gasteiger partial charge on any atom is -0.298 e. The van der Waals surface area contributed by atoms with Crippen LogP contribution in [0.3, 0.4) is 0 Å². The lowest BCUT2D eigenvalue weighted by atomic mass is 10.3. The second kappa shape index (κ2) is 2.64. The van der Waals surface area contributed by atoms with Crippen LogP contribution in [-0.2, 0) is 0 Å². The molecule has 0 radical (unpaired) electrons. The van der Waals surface area contributed by atoms with Crippen molar-refractivity contribution in [2.75, 3.05) is 0 Å². The molecule has 1 unspecified atom stereocenters. The molecule has 0 spiro atoms. The highest BCUT2D eigenvalue weighted by molar-refractivity contribution is 7.13. The van der Waals surface area contributed by atoms with Crippen LogP contribution in [0.15, 0.2) is 0 Å². The van der Waals surface area contributed by atoms with Gasteiger partial charge in [0.15, 0.2) is 0 Å². The van der Waals surface area contributed by atoms with Crippen molar-refractivity contribution < 1.29 is 0 Å². The van der Waals surface area contributed by atoms with Gasteiger partial charge in [-0.3, -0.25) is 5.09 Å². The summed E-state index contributed by atoms with van der Waals surface area (Å²) in [5.74, 6) is 0. The largest absolute Gasteiger partial charge is 0.298 e. The zero-order valence-corrected chi connectivity index (χ0v) is 5.64. The van der Waals surface area contributed by atoms with Gasteiger partial charge < -0.3 is 0 Å². The first kappa shape index (κ1) is 5.53. The molecule has 0 saturated heterocycles. The van der Waals surface area contributed by atoms with Crippen molar-refractivity contribution in [3.05, 3.63) is 0 Å². The van der Waals surface area contributed by atoms with E-state index >= 15 is 0 Å². The summed E-state index contributed by atoms with van der Waals surface area (Å²) in [6.45, 7) is 0. The molecule has 1 aliphatic rings. The summed E-state index contributed by atoms with van der Waals surface area (Å²) in [6, 6.07) is 0.810. The van der Waals surface area contributed by atoms with Crippen LogP contribution in [-0.4, -0.2) is 6.04 Å². The fourth-order valence-corrected chi connectivity index (χ4v) is 1.43. The van der Waals surface area contributed by atoms with E-state index in [-0.39, 0.29) is 0 Å². The molecule has 1 fully saturated rings. The molecule has 1 N–H and O–H groups in total. The molecule has 2 heteroatoms. The Hall–Kier alpha value is 0.390. The Balaban J connectivity index is 2.14. The summed E-state index contributed by atoms with van der Waals surface area (Å²) in [5.41, 5.74) is 0. The van der Waals surface area contributed by atoms with E-state index < -0.39 is 0 Å². The zero-order chi connectivity index (χ0) is 5.11. The summed E-state index contributed by atoms with van der Waals surface area (Å²) >= 11 is 0.